The molecule has 0 fully saturated rings. The number of carbonyl (C=O) groups is 2. The number of amides is 1. The van der Waals surface area contributed by atoms with E-state index in [9.17, 15) is 22.4 Å². The van der Waals surface area contributed by atoms with Gasteiger partial charge in [0.05, 0.1) is 21.8 Å². The van der Waals surface area contributed by atoms with Gasteiger partial charge in [0, 0.05) is 0 Å². The van der Waals surface area contributed by atoms with E-state index in [0.717, 1.165) is 5.56 Å². The molecule has 9 heteroatoms. The van der Waals surface area contributed by atoms with Crippen LogP contribution in [-0.4, -0.2) is 26.4 Å². The summed E-state index contributed by atoms with van der Waals surface area (Å²) >= 11 is 0. The lowest BCUT2D eigenvalue weighted by atomic mass is 10.2. The lowest BCUT2D eigenvalue weighted by Crippen LogP contribution is -2.30. The molecule has 0 saturated carbocycles. The fourth-order valence-corrected chi connectivity index (χ4v) is 4.43. The third kappa shape index (κ3) is 5.75. The number of hydrogen-bond donors (Lipinski definition) is 2. The zero-order valence-electron chi connectivity index (χ0n) is 18.3. The molecule has 1 amide bonds. The van der Waals surface area contributed by atoms with Crippen molar-refractivity contribution in [2.45, 2.75) is 31.8 Å². The fourth-order valence-electron chi connectivity index (χ4n) is 3.02. The molecule has 1 unspecified atom stereocenters. The number of rotatable bonds is 7. The van der Waals surface area contributed by atoms with Gasteiger partial charge in [-0.2, -0.15) is 0 Å². The van der Waals surface area contributed by atoms with Crippen LogP contribution in [0.1, 0.15) is 28.4 Å². The Labute approximate surface area is 191 Å². The molecular formula is C24H23FN2O5S. The van der Waals surface area contributed by atoms with Crippen LogP contribution in [0.15, 0.2) is 71.6 Å². The number of sulfonamides is 1. The topological polar surface area (TPSA) is 102 Å². The molecule has 33 heavy (non-hydrogen) atoms. The maximum absolute atomic E-state index is 13.8. The van der Waals surface area contributed by atoms with Gasteiger partial charge in [0.1, 0.15) is 5.82 Å². The van der Waals surface area contributed by atoms with Gasteiger partial charge in [0.15, 0.2) is 6.10 Å². The molecule has 0 radical (unpaired) electrons. The van der Waals surface area contributed by atoms with E-state index in [-0.39, 0.29) is 21.8 Å². The Morgan fingerprint density at radius 2 is 1.58 bits per heavy atom. The standard InChI is InChI=1S/C24H23FN2O5S/c1-15-12-13-16(2)22(14-15)33(30,31)27-20-10-6-4-8-18(20)24(29)32-17(3)23(28)26-21-11-7-5-9-19(21)25/h4-14,17,27H,1-3H3,(H,26,28). The first kappa shape index (κ1) is 23.9. The van der Waals surface area contributed by atoms with E-state index < -0.39 is 33.8 Å². The zero-order valence-corrected chi connectivity index (χ0v) is 19.1. The molecule has 0 aromatic heterocycles. The summed E-state index contributed by atoms with van der Waals surface area (Å²) < 4.78 is 47.3. The molecule has 3 aromatic carbocycles. The summed E-state index contributed by atoms with van der Waals surface area (Å²) in [6.07, 6.45) is -1.26. The third-order valence-electron chi connectivity index (χ3n) is 4.81. The second-order valence-corrected chi connectivity index (χ2v) is 9.09. The summed E-state index contributed by atoms with van der Waals surface area (Å²) in [5.74, 6) is -2.28. The second kappa shape index (κ2) is 9.83. The number of para-hydroxylation sites is 2. The zero-order chi connectivity index (χ0) is 24.2. The molecule has 2 N–H and O–H groups in total. The van der Waals surface area contributed by atoms with Crippen molar-refractivity contribution in [1.82, 2.24) is 0 Å². The van der Waals surface area contributed by atoms with Crippen molar-refractivity contribution >= 4 is 33.3 Å². The summed E-state index contributed by atoms with van der Waals surface area (Å²) in [5, 5.41) is 2.35. The highest BCUT2D eigenvalue weighted by Gasteiger charge is 2.24. The maximum atomic E-state index is 13.8. The van der Waals surface area contributed by atoms with Crippen LogP contribution in [-0.2, 0) is 19.6 Å². The van der Waals surface area contributed by atoms with Crippen molar-refractivity contribution in [1.29, 1.82) is 0 Å². The first-order valence-electron chi connectivity index (χ1n) is 10.0. The van der Waals surface area contributed by atoms with Gasteiger partial charge in [-0.1, -0.05) is 36.4 Å². The van der Waals surface area contributed by atoms with E-state index in [1.165, 1.54) is 49.4 Å². The minimum Gasteiger partial charge on any atom is -0.449 e. The third-order valence-corrected chi connectivity index (χ3v) is 6.32. The maximum Gasteiger partial charge on any atom is 0.341 e. The normalized spacial score (nSPS) is 12.0. The van der Waals surface area contributed by atoms with E-state index in [0.29, 0.717) is 5.56 Å². The van der Waals surface area contributed by atoms with E-state index >= 15 is 0 Å². The van der Waals surface area contributed by atoms with Crippen LogP contribution in [0.3, 0.4) is 0 Å². The molecule has 0 spiro atoms. The summed E-state index contributed by atoms with van der Waals surface area (Å²) in [6.45, 7) is 4.78. The largest absolute Gasteiger partial charge is 0.449 e. The van der Waals surface area contributed by atoms with E-state index in [1.807, 2.05) is 0 Å². The Bertz CT molecular complexity index is 1310. The molecule has 0 bridgehead atoms. The Morgan fingerprint density at radius 1 is 0.939 bits per heavy atom. The van der Waals surface area contributed by atoms with Gasteiger partial charge in [-0.3, -0.25) is 9.52 Å². The molecule has 172 valence electrons. The van der Waals surface area contributed by atoms with Gasteiger partial charge in [-0.25, -0.2) is 17.6 Å². The Morgan fingerprint density at radius 3 is 2.27 bits per heavy atom. The fraction of sp³-hybridized carbons (Fsp3) is 0.167. The van der Waals surface area contributed by atoms with Crippen molar-refractivity contribution < 1.29 is 27.1 Å². The molecule has 1 atom stereocenters. The number of hydrogen-bond acceptors (Lipinski definition) is 5. The van der Waals surface area contributed by atoms with Gasteiger partial charge in [0.25, 0.3) is 15.9 Å². The van der Waals surface area contributed by atoms with Crippen LogP contribution in [0.4, 0.5) is 15.8 Å². The van der Waals surface area contributed by atoms with E-state index in [1.54, 1.807) is 38.1 Å². The van der Waals surface area contributed by atoms with Gasteiger partial charge in [-0.05, 0) is 62.2 Å². The van der Waals surface area contributed by atoms with Crippen LogP contribution in [0.5, 0.6) is 0 Å². The lowest BCUT2D eigenvalue weighted by Gasteiger charge is -2.16. The van der Waals surface area contributed by atoms with Crippen LogP contribution in [0.25, 0.3) is 0 Å². The number of anilines is 2. The number of ether oxygens (including phenoxy) is 1. The first-order valence-corrected chi connectivity index (χ1v) is 11.5. The summed E-state index contributed by atoms with van der Waals surface area (Å²) in [4.78, 5) is 25.2. The monoisotopic (exact) mass is 470 g/mol. The highest BCUT2D eigenvalue weighted by atomic mass is 32.2. The molecule has 0 aliphatic heterocycles. The minimum atomic E-state index is -3.99. The van der Waals surface area contributed by atoms with Gasteiger partial charge >= 0.3 is 5.97 Å². The van der Waals surface area contributed by atoms with Crippen molar-refractivity contribution in [3.63, 3.8) is 0 Å². The van der Waals surface area contributed by atoms with Crippen LogP contribution >= 0.6 is 0 Å². The number of aryl methyl sites for hydroxylation is 2. The lowest BCUT2D eigenvalue weighted by molar-refractivity contribution is -0.123. The second-order valence-electron chi connectivity index (χ2n) is 7.44. The number of halogens is 1. The Balaban J connectivity index is 1.78. The summed E-state index contributed by atoms with van der Waals surface area (Å²) in [7, 11) is -3.99. The molecule has 3 aromatic rings. The summed E-state index contributed by atoms with van der Waals surface area (Å²) in [5.41, 5.74) is 1.20. The van der Waals surface area contributed by atoms with Crippen molar-refractivity contribution in [2.24, 2.45) is 0 Å². The molecule has 0 aliphatic carbocycles. The minimum absolute atomic E-state index is 0.00474. The van der Waals surface area contributed by atoms with E-state index in [4.69, 9.17) is 4.74 Å². The number of nitrogens with one attached hydrogen (secondary N) is 2. The Hall–Kier alpha value is -3.72. The summed E-state index contributed by atoms with van der Waals surface area (Å²) in [6, 6.07) is 16.5. The molecular weight excluding hydrogens is 447 g/mol. The molecule has 0 aliphatic rings. The molecule has 7 nitrogen and oxygen atoms in total. The number of benzene rings is 3. The SMILES string of the molecule is Cc1ccc(C)c(S(=O)(=O)Nc2ccccc2C(=O)OC(C)C(=O)Nc2ccccc2F)c1. The van der Waals surface area contributed by atoms with Crippen LogP contribution < -0.4 is 10.0 Å². The Kier molecular flexibility index (Phi) is 7.13. The quantitative estimate of drug-likeness (QED) is 0.498. The first-order chi connectivity index (χ1) is 15.6. The number of carbonyl (C=O) groups excluding carboxylic acids is 2. The average Bonchev–Trinajstić information content (AvgIpc) is 2.76. The average molecular weight is 471 g/mol. The highest BCUT2D eigenvalue weighted by molar-refractivity contribution is 7.92. The van der Waals surface area contributed by atoms with Gasteiger partial charge in [0.2, 0.25) is 0 Å². The predicted octanol–water partition coefficient (Wildman–Crippen LogP) is 4.43. The smallest absolute Gasteiger partial charge is 0.341 e. The van der Waals surface area contributed by atoms with Crippen LogP contribution in [0, 0.1) is 19.7 Å². The van der Waals surface area contributed by atoms with Gasteiger partial charge in [-0.15, -0.1) is 0 Å². The van der Waals surface area contributed by atoms with E-state index in [2.05, 4.69) is 10.0 Å². The van der Waals surface area contributed by atoms with Crippen LogP contribution in [0.2, 0.25) is 0 Å². The predicted molar refractivity (Wildman–Crippen MR) is 123 cm³/mol. The van der Waals surface area contributed by atoms with Crippen molar-refractivity contribution in [3.05, 3.63) is 89.2 Å². The van der Waals surface area contributed by atoms with Crippen molar-refractivity contribution in [3.8, 4) is 0 Å². The molecule has 0 heterocycles. The van der Waals surface area contributed by atoms with Gasteiger partial charge < -0.3 is 10.1 Å². The van der Waals surface area contributed by atoms with Crippen molar-refractivity contribution in [2.75, 3.05) is 10.0 Å². The molecule has 0 saturated heterocycles. The number of esters is 1. The highest BCUT2D eigenvalue weighted by Crippen LogP contribution is 2.24. The molecule has 3 rings (SSSR count).